The van der Waals surface area contributed by atoms with Crippen LogP contribution < -0.4 is 5.32 Å². The van der Waals surface area contributed by atoms with Crippen molar-refractivity contribution in [2.45, 2.75) is 65.5 Å². The Morgan fingerprint density at radius 1 is 1.48 bits per heavy atom. The van der Waals surface area contributed by atoms with E-state index in [0.717, 1.165) is 48.8 Å². The number of carbonyl (C=O) groups is 1. The van der Waals surface area contributed by atoms with Gasteiger partial charge in [-0.2, -0.15) is 10.2 Å². The normalized spacial score (nSPS) is 17.3. The summed E-state index contributed by atoms with van der Waals surface area (Å²) in [5.41, 5.74) is 2.27. The minimum absolute atomic E-state index is 0.0838. The molecule has 2 aromatic rings. The quantitative estimate of drug-likeness (QED) is 0.905. The number of rotatable bonds is 4. The third-order valence-electron chi connectivity index (χ3n) is 4.29. The van der Waals surface area contributed by atoms with E-state index in [9.17, 15) is 4.79 Å². The van der Waals surface area contributed by atoms with Crippen LogP contribution in [-0.4, -0.2) is 30.9 Å². The van der Waals surface area contributed by atoms with Gasteiger partial charge < -0.3 is 5.32 Å². The van der Waals surface area contributed by atoms with Gasteiger partial charge in [0.2, 0.25) is 0 Å². The summed E-state index contributed by atoms with van der Waals surface area (Å²) in [6, 6.07) is -0.0848. The van der Waals surface area contributed by atoms with Crippen LogP contribution in [0.5, 0.6) is 0 Å². The summed E-state index contributed by atoms with van der Waals surface area (Å²) in [5.74, 6) is 1.82. The van der Waals surface area contributed by atoms with Crippen LogP contribution in [0.25, 0.3) is 0 Å². The van der Waals surface area contributed by atoms with Gasteiger partial charge in [-0.05, 0) is 25.7 Å². The van der Waals surface area contributed by atoms with E-state index < -0.39 is 0 Å². The van der Waals surface area contributed by atoms with Crippen LogP contribution in [0.15, 0.2) is 0 Å². The fourth-order valence-corrected chi connectivity index (χ4v) is 3.07. The number of nitrogens with zero attached hydrogens (tertiary/aromatic N) is 4. The van der Waals surface area contributed by atoms with Crippen LogP contribution in [0.3, 0.4) is 0 Å². The second-order valence-electron chi connectivity index (χ2n) is 6.39. The molecule has 2 N–H and O–H groups in total. The predicted octanol–water partition coefficient (Wildman–Crippen LogP) is 2.26. The summed E-state index contributed by atoms with van der Waals surface area (Å²) in [6.45, 7) is 8.87. The van der Waals surface area contributed by atoms with E-state index >= 15 is 0 Å². The molecule has 1 aliphatic rings. The van der Waals surface area contributed by atoms with Gasteiger partial charge in [-0.1, -0.05) is 20.8 Å². The summed E-state index contributed by atoms with van der Waals surface area (Å²) in [6.07, 6.45) is 2.69. The van der Waals surface area contributed by atoms with Gasteiger partial charge in [0.15, 0.2) is 5.82 Å². The smallest absolute Gasteiger partial charge is 0.255 e. The number of fused-ring (bicyclic) bond motifs is 1. The van der Waals surface area contributed by atoms with Crippen LogP contribution in [0.1, 0.15) is 79.0 Å². The van der Waals surface area contributed by atoms with Crippen LogP contribution in [0, 0.1) is 6.92 Å². The Hall–Kier alpha value is -2.18. The molecule has 124 valence electrons. The maximum atomic E-state index is 12.8. The molecule has 0 saturated carbocycles. The topological polar surface area (TPSA) is 88.5 Å². The van der Waals surface area contributed by atoms with Crippen molar-refractivity contribution in [1.82, 2.24) is 30.3 Å². The monoisotopic (exact) mass is 316 g/mol. The van der Waals surface area contributed by atoms with Crippen LogP contribution in [-0.2, 0) is 13.0 Å². The highest BCUT2D eigenvalue weighted by molar-refractivity contribution is 5.96. The summed E-state index contributed by atoms with van der Waals surface area (Å²) in [7, 11) is 0. The van der Waals surface area contributed by atoms with E-state index in [1.165, 1.54) is 0 Å². The van der Waals surface area contributed by atoms with Gasteiger partial charge in [0.25, 0.3) is 5.91 Å². The molecule has 3 rings (SSSR count). The number of H-pyrrole nitrogens is 1. The molecule has 0 radical (unpaired) electrons. The molecule has 7 heteroatoms. The van der Waals surface area contributed by atoms with Crippen molar-refractivity contribution in [1.29, 1.82) is 0 Å². The molecule has 3 heterocycles. The van der Waals surface area contributed by atoms with Crippen molar-refractivity contribution in [3.8, 4) is 0 Å². The summed E-state index contributed by atoms with van der Waals surface area (Å²) in [4.78, 5) is 17.4. The first-order valence-electron chi connectivity index (χ1n) is 8.30. The number of carbonyl (C=O) groups excluding carboxylic acids is 1. The summed E-state index contributed by atoms with van der Waals surface area (Å²) < 4.78 is 1.93. The SMILES string of the molecule is CCc1nc2n(n1)CCCC2NC(=O)c1c(C(C)C)n[nH]c1C. The summed E-state index contributed by atoms with van der Waals surface area (Å²) >= 11 is 0. The third kappa shape index (κ3) is 2.87. The molecule has 23 heavy (non-hydrogen) atoms. The Labute approximate surface area is 135 Å². The number of amides is 1. The Bertz CT molecular complexity index is 714. The number of aromatic nitrogens is 5. The van der Waals surface area contributed by atoms with E-state index in [4.69, 9.17) is 0 Å². The largest absolute Gasteiger partial charge is 0.342 e. The Kier molecular flexibility index (Phi) is 4.19. The van der Waals surface area contributed by atoms with Crippen molar-refractivity contribution >= 4 is 5.91 Å². The van der Waals surface area contributed by atoms with Crippen molar-refractivity contribution in [2.24, 2.45) is 0 Å². The van der Waals surface area contributed by atoms with Gasteiger partial charge in [0.05, 0.1) is 17.3 Å². The number of hydrogen-bond donors (Lipinski definition) is 2. The molecule has 0 spiro atoms. The highest BCUT2D eigenvalue weighted by Gasteiger charge is 2.28. The third-order valence-corrected chi connectivity index (χ3v) is 4.29. The Morgan fingerprint density at radius 3 is 2.96 bits per heavy atom. The zero-order valence-electron chi connectivity index (χ0n) is 14.2. The lowest BCUT2D eigenvalue weighted by Crippen LogP contribution is -2.34. The van der Waals surface area contributed by atoms with Gasteiger partial charge >= 0.3 is 0 Å². The molecule has 1 aliphatic heterocycles. The first-order chi connectivity index (χ1) is 11.0. The molecule has 7 nitrogen and oxygen atoms in total. The Balaban J connectivity index is 1.85. The van der Waals surface area contributed by atoms with E-state index in [1.807, 2.05) is 32.4 Å². The molecule has 1 atom stereocenters. The maximum Gasteiger partial charge on any atom is 0.255 e. The highest BCUT2D eigenvalue weighted by atomic mass is 16.1. The van der Waals surface area contributed by atoms with Crippen LogP contribution in [0.2, 0.25) is 0 Å². The molecule has 0 fully saturated rings. The zero-order chi connectivity index (χ0) is 16.6. The number of nitrogens with one attached hydrogen (secondary N) is 2. The predicted molar refractivity (Wildman–Crippen MR) is 86.3 cm³/mol. The van der Waals surface area contributed by atoms with E-state index in [-0.39, 0.29) is 17.9 Å². The first-order valence-corrected chi connectivity index (χ1v) is 8.30. The van der Waals surface area contributed by atoms with Gasteiger partial charge in [-0.25, -0.2) is 9.67 Å². The minimum Gasteiger partial charge on any atom is -0.342 e. The molecular formula is C16H24N6O. The average molecular weight is 316 g/mol. The molecule has 1 amide bonds. The standard InChI is InChI=1S/C16H24N6O/c1-5-12-18-15-11(7-6-8-22(15)21-12)17-16(23)13-10(4)19-20-14(13)9(2)3/h9,11H,5-8H2,1-4H3,(H,17,23)(H,19,20). The number of aromatic amines is 1. The molecular weight excluding hydrogens is 292 g/mol. The van der Waals surface area contributed by atoms with Gasteiger partial charge in [0, 0.05) is 18.7 Å². The lowest BCUT2D eigenvalue weighted by atomic mass is 10.0. The Morgan fingerprint density at radius 2 is 2.26 bits per heavy atom. The molecule has 0 aliphatic carbocycles. The fourth-order valence-electron chi connectivity index (χ4n) is 3.07. The molecule has 0 aromatic carbocycles. The van der Waals surface area contributed by atoms with E-state index in [2.05, 4.69) is 25.6 Å². The van der Waals surface area contributed by atoms with Crippen molar-refractivity contribution in [2.75, 3.05) is 0 Å². The molecule has 2 aromatic heterocycles. The lowest BCUT2D eigenvalue weighted by Gasteiger charge is -2.23. The van der Waals surface area contributed by atoms with Crippen molar-refractivity contribution < 1.29 is 4.79 Å². The molecule has 1 unspecified atom stereocenters. The van der Waals surface area contributed by atoms with Crippen molar-refractivity contribution in [3.63, 3.8) is 0 Å². The van der Waals surface area contributed by atoms with Crippen LogP contribution in [0.4, 0.5) is 0 Å². The zero-order valence-corrected chi connectivity index (χ0v) is 14.2. The van der Waals surface area contributed by atoms with Gasteiger partial charge in [-0.15, -0.1) is 0 Å². The lowest BCUT2D eigenvalue weighted by molar-refractivity contribution is 0.0925. The molecule has 0 saturated heterocycles. The van der Waals surface area contributed by atoms with E-state index in [0.29, 0.717) is 5.56 Å². The average Bonchev–Trinajstić information content (AvgIpc) is 3.10. The number of aryl methyl sites for hydroxylation is 3. The fraction of sp³-hybridized carbons (Fsp3) is 0.625. The molecule has 0 bridgehead atoms. The summed E-state index contributed by atoms with van der Waals surface area (Å²) in [5, 5.41) is 14.8. The van der Waals surface area contributed by atoms with Gasteiger partial charge in [0.1, 0.15) is 5.82 Å². The minimum atomic E-state index is -0.0848. The highest BCUT2D eigenvalue weighted by Crippen LogP contribution is 2.25. The maximum absolute atomic E-state index is 12.8. The second kappa shape index (κ2) is 6.14. The van der Waals surface area contributed by atoms with Crippen molar-refractivity contribution in [3.05, 3.63) is 28.6 Å². The van der Waals surface area contributed by atoms with E-state index in [1.54, 1.807) is 0 Å². The van der Waals surface area contributed by atoms with Crippen LogP contribution >= 0.6 is 0 Å². The van der Waals surface area contributed by atoms with Gasteiger partial charge in [-0.3, -0.25) is 9.89 Å². The first kappa shape index (κ1) is 15.7. The second-order valence-corrected chi connectivity index (χ2v) is 6.39. The number of hydrogen-bond acceptors (Lipinski definition) is 4.